The van der Waals surface area contributed by atoms with E-state index in [0.29, 0.717) is 12.1 Å². The molecule has 2 rings (SSSR count). The smallest absolute Gasteiger partial charge is 0.0626 e. The van der Waals surface area contributed by atoms with Gasteiger partial charge in [-0.1, -0.05) is 51.9 Å². The Labute approximate surface area is 126 Å². The minimum Gasteiger partial charge on any atom is -0.377 e. The predicted molar refractivity (Wildman–Crippen MR) is 86.1 cm³/mol. The third kappa shape index (κ3) is 5.73. The van der Waals surface area contributed by atoms with Crippen LogP contribution >= 0.6 is 0 Å². The summed E-state index contributed by atoms with van der Waals surface area (Å²) in [6.45, 7) is 4.36. The number of nitrogens with one attached hydrogen (secondary N) is 1. The average molecular weight is 281 g/mol. The zero-order valence-corrected chi connectivity index (χ0v) is 13.5. The molecular formula is C18H35NO. The molecular weight excluding hydrogens is 246 g/mol. The topological polar surface area (TPSA) is 21.3 Å². The standard InChI is InChI=1S/C18H35NO/c1-2-14-19-18(16-10-6-5-7-11-16)15-20-17-12-8-3-4-9-13-17/h16-19H,2-15H2,1H3. The fourth-order valence-electron chi connectivity index (χ4n) is 3.88. The van der Waals surface area contributed by atoms with Gasteiger partial charge in [0.1, 0.15) is 0 Å². The van der Waals surface area contributed by atoms with E-state index in [4.69, 9.17) is 4.74 Å². The number of hydrogen-bond donors (Lipinski definition) is 1. The Morgan fingerprint density at radius 1 is 0.900 bits per heavy atom. The van der Waals surface area contributed by atoms with E-state index in [1.54, 1.807) is 0 Å². The largest absolute Gasteiger partial charge is 0.377 e. The van der Waals surface area contributed by atoms with Crippen LogP contribution in [0.4, 0.5) is 0 Å². The minimum atomic E-state index is 0.548. The van der Waals surface area contributed by atoms with Gasteiger partial charge in [0, 0.05) is 6.04 Å². The molecule has 2 saturated carbocycles. The lowest BCUT2D eigenvalue weighted by Crippen LogP contribution is -2.42. The van der Waals surface area contributed by atoms with Crippen LogP contribution in [0.15, 0.2) is 0 Å². The highest BCUT2D eigenvalue weighted by Gasteiger charge is 2.24. The molecule has 0 aromatic carbocycles. The molecule has 2 aliphatic carbocycles. The summed E-state index contributed by atoms with van der Waals surface area (Å²) in [5.41, 5.74) is 0. The highest BCUT2D eigenvalue weighted by Crippen LogP contribution is 2.27. The van der Waals surface area contributed by atoms with E-state index in [-0.39, 0.29) is 0 Å². The van der Waals surface area contributed by atoms with Crippen molar-refractivity contribution in [2.75, 3.05) is 13.2 Å². The van der Waals surface area contributed by atoms with Gasteiger partial charge >= 0.3 is 0 Å². The Balaban J connectivity index is 1.76. The molecule has 1 N–H and O–H groups in total. The molecule has 2 aliphatic rings. The van der Waals surface area contributed by atoms with Crippen LogP contribution in [-0.4, -0.2) is 25.3 Å². The first-order chi connectivity index (χ1) is 9.90. The van der Waals surface area contributed by atoms with Gasteiger partial charge < -0.3 is 10.1 Å². The Bertz CT molecular complexity index is 230. The number of hydrogen-bond acceptors (Lipinski definition) is 2. The summed E-state index contributed by atoms with van der Waals surface area (Å²) in [6, 6.07) is 0.610. The first kappa shape index (κ1) is 16.3. The van der Waals surface area contributed by atoms with Gasteiger partial charge in [-0.2, -0.15) is 0 Å². The van der Waals surface area contributed by atoms with Gasteiger partial charge in [0.2, 0.25) is 0 Å². The van der Waals surface area contributed by atoms with E-state index in [0.717, 1.165) is 19.1 Å². The monoisotopic (exact) mass is 281 g/mol. The van der Waals surface area contributed by atoms with Gasteiger partial charge in [0.05, 0.1) is 12.7 Å². The first-order valence-corrected chi connectivity index (χ1v) is 9.25. The molecule has 0 aromatic rings. The minimum absolute atomic E-state index is 0.548. The number of ether oxygens (including phenoxy) is 1. The van der Waals surface area contributed by atoms with E-state index in [1.807, 2.05) is 0 Å². The molecule has 0 aromatic heterocycles. The average Bonchev–Trinajstić information content (AvgIpc) is 2.77. The first-order valence-electron chi connectivity index (χ1n) is 9.25. The van der Waals surface area contributed by atoms with E-state index < -0.39 is 0 Å². The molecule has 2 heteroatoms. The van der Waals surface area contributed by atoms with Crippen molar-refractivity contribution < 1.29 is 4.74 Å². The van der Waals surface area contributed by atoms with Crippen LogP contribution < -0.4 is 5.32 Å². The third-order valence-corrected chi connectivity index (χ3v) is 5.19. The summed E-state index contributed by atoms with van der Waals surface area (Å²) >= 11 is 0. The van der Waals surface area contributed by atoms with Gasteiger partial charge in [-0.3, -0.25) is 0 Å². The van der Waals surface area contributed by atoms with Crippen LogP contribution in [0.5, 0.6) is 0 Å². The van der Waals surface area contributed by atoms with Crippen molar-refractivity contribution in [3.63, 3.8) is 0 Å². The highest BCUT2D eigenvalue weighted by atomic mass is 16.5. The van der Waals surface area contributed by atoms with Crippen molar-refractivity contribution in [1.29, 1.82) is 0 Å². The summed E-state index contributed by atoms with van der Waals surface area (Å²) in [5, 5.41) is 3.77. The number of rotatable bonds is 7. The fraction of sp³-hybridized carbons (Fsp3) is 1.00. The second kappa shape index (κ2) is 9.78. The van der Waals surface area contributed by atoms with Gasteiger partial charge in [-0.25, -0.2) is 0 Å². The van der Waals surface area contributed by atoms with Crippen molar-refractivity contribution in [1.82, 2.24) is 5.32 Å². The molecule has 0 bridgehead atoms. The lowest BCUT2D eigenvalue weighted by molar-refractivity contribution is 0.0153. The van der Waals surface area contributed by atoms with Crippen molar-refractivity contribution in [3.8, 4) is 0 Å². The SMILES string of the molecule is CCCNC(COC1CCCCCC1)C1CCCCC1. The fourth-order valence-corrected chi connectivity index (χ4v) is 3.88. The Kier molecular flexibility index (Phi) is 7.97. The summed E-state index contributed by atoms with van der Waals surface area (Å²) in [7, 11) is 0. The molecule has 0 aliphatic heterocycles. The molecule has 2 nitrogen and oxygen atoms in total. The van der Waals surface area contributed by atoms with Crippen molar-refractivity contribution in [3.05, 3.63) is 0 Å². The van der Waals surface area contributed by atoms with Crippen molar-refractivity contribution >= 4 is 0 Å². The maximum atomic E-state index is 6.31. The summed E-state index contributed by atoms with van der Waals surface area (Å²) in [4.78, 5) is 0. The molecule has 0 radical (unpaired) electrons. The van der Waals surface area contributed by atoms with Crippen LogP contribution in [0, 0.1) is 5.92 Å². The van der Waals surface area contributed by atoms with Crippen LogP contribution in [0.3, 0.4) is 0 Å². The second-order valence-corrected chi connectivity index (χ2v) is 6.91. The van der Waals surface area contributed by atoms with Crippen LogP contribution in [0.25, 0.3) is 0 Å². The van der Waals surface area contributed by atoms with E-state index in [2.05, 4.69) is 12.2 Å². The van der Waals surface area contributed by atoms with Crippen molar-refractivity contribution in [2.45, 2.75) is 96.1 Å². The van der Waals surface area contributed by atoms with Gasteiger partial charge in [0.15, 0.2) is 0 Å². The Hall–Kier alpha value is -0.0800. The Morgan fingerprint density at radius 2 is 1.50 bits per heavy atom. The van der Waals surface area contributed by atoms with Crippen LogP contribution in [0.1, 0.15) is 84.0 Å². The molecule has 1 unspecified atom stereocenters. The van der Waals surface area contributed by atoms with Gasteiger partial charge in [0.25, 0.3) is 0 Å². The van der Waals surface area contributed by atoms with E-state index >= 15 is 0 Å². The zero-order chi connectivity index (χ0) is 14.0. The molecule has 0 amide bonds. The van der Waals surface area contributed by atoms with E-state index in [9.17, 15) is 0 Å². The van der Waals surface area contributed by atoms with Gasteiger partial charge in [-0.05, 0) is 44.6 Å². The van der Waals surface area contributed by atoms with Crippen molar-refractivity contribution in [2.24, 2.45) is 5.92 Å². The summed E-state index contributed by atoms with van der Waals surface area (Å²) in [5.74, 6) is 0.862. The quantitative estimate of drug-likeness (QED) is 0.684. The van der Waals surface area contributed by atoms with Crippen LogP contribution in [-0.2, 0) is 4.74 Å². The predicted octanol–water partition coefficient (Wildman–Crippen LogP) is 4.67. The molecule has 1 atom stereocenters. The maximum Gasteiger partial charge on any atom is 0.0626 e. The molecule has 2 fully saturated rings. The second-order valence-electron chi connectivity index (χ2n) is 6.91. The summed E-state index contributed by atoms with van der Waals surface area (Å²) < 4.78 is 6.31. The molecule has 0 saturated heterocycles. The normalized spacial score (nSPS) is 24.4. The molecule has 118 valence electrons. The van der Waals surface area contributed by atoms with Crippen LogP contribution in [0.2, 0.25) is 0 Å². The lowest BCUT2D eigenvalue weighted by Gasteiger charge is -2.32. The lowest BCUT2D eigenvalue weighted by atomic mass is 9.84. The van der Waals surface area contributed by atoms with E-state index in [1.165, 1.54) is 77.0 Å². The summed E-state index contributed by atoms with van der Waals surface area (Å²) in [6.07, 6.45) is 17.1. The highest BCUT2D eigenvalue weighted by molar-refractivity contribution is 4.80. The Morgan fingerprint density at radius 3 is 2.15 bits per heavy atom. The maximum absolute atomic E-state index is 6.31. The molecule has 0 heterocycles. The zero-order valence-electron chi connectivity index (χ0n) is 13.5. The van der Waals surface area contributed by atoms with Gasteiger partial charge in [-0.15, -0.1) is 0 Å². The molecule has 0 spiro atoms. The molecule has 20 heavy (non-hydrogen) atoms. The third-order valence-electron chi connectivity index (χ3n) is 5.19.